The second-order valence-electron chi connectivity index (χ2n) is 5.58. The van der Waals surface area contributed by atoms with E-state index >= 15 is 0 Å². The van der Waals surface area contributed by atoms with E-state index in [9.17, 15) is 4.79 Å². The van der Waals surface area contributed by atoms with Crippen LogP contribution >= 0.6 is 0 Å². The molecule has 0 N–H and O–H groups in total. The predicted octanol–water partition coefficient (Wildman–Crippen LogP) is 2.76. The third-order valence-electron chi connectivity index (χ3n) is 4.11. The number of benzene rings is 1. The van der Waals surface area contributed by atoms with Crippen LogP contribution in [0.15, 0.2) is 24.3 Å². The summed E-state index contributed by atoms with van der Waals surface area (Å²) in [5.41, 5.74) is 2.24. The highest BCUT2D eigenvalue weighted by molar-refractivity contribution is 5.80. The summed E-state index contributed by atoms with van der Waals surface area (Å²) < 4.78 is 16.4. The molecule has 1 fully saturated rings. The Morgan fingerprint density at radius 2 is 2.00 bits per heavy atom. The summed E-state index contributed by atoms with van der Waals surface area (Å²) in [7, 11) is 0. The van der Waals surface area contributed by atoms with Crippen LogP contribution in [0.1, 0.15) is 43.2 Å². The Morgan fingerprint density at radius 3 is 2.80 bits per heavy atom. The van der Waals surface area contributed by atoms with Crippen LogP contribution in [0.3, 0.4) is 0 Å². The molecule has 1 atom stereocenters. The van der Waals surface area contributed by atoms with Crippen LogP contribution in [-0.2, 0) is 25.6 Å². The molecule has 4 heteroatoms. The van der Waals surface area contributed by atoms with Crippen LogP contribution in [0, 0.1) is 0 Å². The van der Waals surface area contributed by atoms with Crippen LogP contribution < -0.4 is 0 Å². The standard InChI is InChI=1S/C16H20O4/c1-16(19-9-10-20-16)8-4-7-14-13-6-3-2-5-12(13)11-18-15(14)17/h2-3,5-6,14H,4,7-11H2,1H3. The first-order valence-electron chi connectivity index (χ1n) is 7.20. The molecule has 1 unspecified atom stereocenters. The van der Waals surface area contributed by atoms with Crippen molar-refractivity contribution < 1.29 is 19.0 Å². The Bertz CT molecular complexity index is 491. The number of cyclic esters (lactones) is 1. The summed E-state index contributed by atoms with van der Waals surface area (Å²) in [6.07, 6.45) is 2.46. The Labute approximate surface area is 119 Å². The molecule has 108 valence electrons. The third-order valence-corrected chi connectivity index (χ3v) is 4.11. The maximum atomic E-state index is 12.0. The van der Waals surface area contributed by atoms with Gasteiger partial charge in [-0.25, -0.2) is 0 Å². The number of hydrogen-bond donors (Lipinski definition) is 0. The zero-order valence-corrected chi connectivity index (χ0v) is 11.8. The first-order valence-corrected chi connectivity index (χ1v) is 7.20. The van der Waals surface area contributed by atoms with E-state index in [-0.39, 0.29) is 11.9 Å². The molecular formula is C16H20O4. The van der Waals surface area contributed by atoms with Crippen molar-refractivity contribution >= 4 is 5.97 Å². The van der Waals surface area contributed by atoms with Crippen molar-refractivity contribution in [3.05, 3.63) is 35.4 Å². The normalized spacial score (nSPS) is 24.2. The summed E-state index contributed by atoms with van der Waals surface area (Å²) in [4.78, 5) is 12.0. The number of carbonyl (C=O) groups excluding carboxylic acids is 1. The minimum atomic E-state index is -0.474. The Morgan fingerprint density at radius 1 is 1.25 bits per heavy atom. The van der Waals surface area contributed by atoms with E-state index in [1.54, 1.807) is 0 Å². The summed E-state index contributed by atoms with van der Waals surface area (Å²) >= 11 is 0. The van der Waals surface area contributed by atoms with Crippen molar-refractivity contribution in [1.29, 1.82) is 0 Å². The van der Waals surface area contributed by atoms with Gasteiger partial charge in [-0.15, -0.1) is 0 Å². The van der Waals surface area contributed by atoms with Gasteiger partial charge in [0.1, 0.15) is 6.61 Å². The van der Waals surface area contributed by atoms with Crippen LogP contribution in [0.2, 0.25) is 0 Å². The topological polar surface area (TPSA) is 44.8 Å². The van der Waals surface area contributed by atoms with E-state index in [0.29, 0.717) is 19.8 Å². The second kappa shape index (κ2) is 5.54. The lowest BCUT2D eigenvalue weighted by Crippen LogP contribution is -2.27. The quantitative estimate of drug-likeness (QED) is 0.793. The predicted molar refractivity (Wildman–Crippen MR) is 73.1 cm³/mol. The smallest absolute Gasteiger partial charge is 0.313 e. The van der Waals surface area contributed by atoms with E-state index < -0.39 is 5.79 Å². The number of esters is 1. The second-order valence-corrected chi connectivity index (χ2v) is 5.58. The summed E-state index contributed by atoms with van der Waals surface area (Å²) in [6, 6.07) is 8.02. The molecule has 4 nitrogen and oxygen atoms in total. The maximum Gasteiger partial charge on any atom is 0.313 e. The Hall–Kier alpha value is -1.39. The van der Waals surface area contributed by atoms with E-state index in [1.165, 1.54) is 0 Å². The zero-order chi connectivity index (χ0) is 14.0. The highest BCUT2D eigenvalue weighted by Gasteiger charge is 2.33. The molecule has 2 aliphatic heterocycles. The van der Waals surface area contributed by atoms with Crippen molar-refractivity contribution in [2.24, 2.45) is 0 Å². The van der Waals surface area contributed by atoms with Crippen molar-refractivity contribution in [2.75, 3.05) is 13.2 Å². The lowest BCUT2D eigenvalue weighted by molar-refractivity contribution is -0.152. The van der Waals surface area contributed by atoms with Crippen LogP contribution in [0.4, 0.5) is 0 Å². The molecule has 0 saturated carbocycles. The summed E-state index contributed by atoms with van der Waals surface area (Å²) in [5.74, 6) is -0.731. The van der Waals surface area contributed by atoms with Crippen LogP contribution in [0.25, 0.3) is 0 Å². The van der Waals surface area contributed by atoms with E-state index in [0.717, 1.165) is 30.4 Å². The monoisotopic (exact) mass is 276 g/mol. The zero-order valence-electron chi connectivity index (χ0n) is 11.8. The fourth-order valence-corrected chi connectivity index (χ4v) is 2.98. The lowest BCUT2D eigenvalue weighted by Gasteiger charge is -2.26. The molecule has 0 bridgehead atoms. The van der Waals surface area contributed by atoms with Gasteiger partial charge in [0.15, 0.2) is 5.79 Å². The van der Waals surface area contributed by atoms with Crippen LogP contribution in [-0.4, -0.2) is 25.0 Å². The van der Waals surface area contributed by atoms with E-state index in [4.69, 9.17) is 14.2 Å². The van der Waals surface area contributed by atoms with Gasteiger partial charge in [0.05, 0.1) is 19.1 Å². The summed E-state index contributed by atoms with van der Waals surface area (Å²) in [6.45, 7) is 3.68. The lowest BCUT2D eigenvalue weighted by atomic mass is 9.88. The number of ether oxygens (including phenoxy) is 3. The van der Waals surface area contributed by atoms with Gasteiger partial charge in [0.25, 0.3) is 0 Å². The molecule has 1 saturated heterocycles. The average molecular weight is 276 g/mol. The van der Waals surface area contributed by atoms with E-state index in [1.807, 2.05) is 31.2 Å². The molecule has 0 aromatic heterocycles. The first kappa shape index (κ1) is 13.6. The maximum absolute atomic E-state index is 12.0. The molecule has 0 amide bonds. The van der Waals surface area contributed by atoms with Gasteiger partial charge >= 0.3 is 5.97 Å². The van der Waals surface area contributed by atoms with Crippen molar-refractivity contribution in [2.45, 2.75) is 44.5 Å². The van der Waals surface area contributed by atoms with E-state index in [2.05, 4.69) is 0 Å². The van der Waals surface area contributed by atoms with Gasteiger partial charge in [-0.2, -0.15) is 0 Å². The third kappa shape index (κ3) is 2.72. The van der Waals surface area contributed by atoms with Crippen molar-refractivity contribution in [3.8, 4) is 0 Å². The largest absolute Gasteiger partial charge is 0.460 e. The van der Waals surface area contributed by atoms with Crippen molar-refractivity contribution in [3.63, 3.8) is 0 Å². The molecule has 2 aliphatic rings. The van der Waals surface area contributed by atoms with Crippen molar-refractivity contribution in [1.82, 2.24) is 0 Å². The number of fused-ring (bicyclic) bond motifs is 1. The SMILES string of the molecule is CC1(CCCC2C(=O)OCc3ccccc32)OCCO1. The number of hydrogen-bond acceptors (Lipinski definition) is 4. The van der Waals surface area contributed by atoms with Gasteiger partial charge in [-0.05, 0) is 30.9 Å². The van der Waals surface area contributed by atoms with Crippen LogP contribution in [0.5, 0.6) is 0 Å². The molecule has 2 heterocycles. The molecule has 1 aromatic carbocycles. The van der Waals surface area contributed by atoms with Gasteiger partial charge in [0, 0.05) is 6.42 Å². The molecule has 0 radical (unpaired) electrons. The molecule has 3 rings (SSSR count). The molecular weight excluding hydrogens is 256 g/mol. The van der Waals surface area contributed by atoms with Gasteiger partial charge in [0.2, 0.25) is 0 Å². The molecule has 0 spiro atoms. The molecule has 0 aliphatic carbocycles. The minimum absolute atomic E-state index is 0.109. The van der Waals surface area contributed by atoms with Gasteiger partial charge < -0.3 is 14.2 Å². The number of carbonyl (C=O) groups is 1. The Kier molecular flexibility index (Phi) is 3.76. The first-order chi connectivity index (χ1) is 9.68. The highest BCUT2D eigenvalue weighted by Crippen LogP contribution is 2.33. The molecule has 1 aromatic rings. The highest BCUT2D eigenvalue weighted by atomic mass is 16.7. The average Bonchev–Trinajstić information content (AvgIpc) is 2.88. The van der Waals surface area contributed by atoms with Gasteiger partial charge in [-0.1, -0.05) is 24.3 Å². The fraction of sp³-hybridized carbons (Fsp3) is 0.562. The van der Waals surface area contributed by atoms with Gasteiger partial charge in [-0.3, -0.25) is 4.79 Å². The fourth-order valence-electron chi connectivity index (χ4n) is 2.98. The molecule has 20 heavy (non-hydrogen) atoms. The minimum Gasteiger partial charge on any atom is -0.460 e. The Balaban J connectivity index is 1.63. The number of rotatable bonds is 4. The summed E-state index contributed by atoms with van der Waals surface area (Å²) in [5, 5.41) is 0.